The summed E-state index contributed by atoms with van der Waals surface area (Å²) in [6.45, 7) is 2.06. The highest BCUT2D eigenvalue weighted by atomic mass is 16.3. The molecule has 0 saturated carbocycles. The lowest BCUT2D eigenvalue weighted by molar-refractivity contribution is 0.588. The molecule has 2 nitrogen and oxygen atoms in total. The maximum Gasteiger partial charge on any atom is 0.197 e. The number of furan rings is 1. The van der Waals surface area contributed by atoms with Gasteiger partial charge in [-0.15, -0.1) is 0 Å². The van der Waals surface area contributed by atoms with Crippen molar-refractivity contribution in [1.29, 1.82) is 0 Å². The highest BCUT2D eigenvalue weighted by molar-refractivity contribution is 5.75. The van der Waals surface area contributed by atoms with E-state index >= 15 is 0 Å². The Morgan fingerprint density at radius 1 is 1.08 bits per heavy atom. The molecule has 0 bridgehead atoms. The normalized spacial score (nSPS) is 10.2. The van der Waals surface area contributed by atoms with Crippen LogP contribution in [-0.4, -0.2) is 0 Å². The number of rotatable bonds is 1. The molecule has 0 aliphatic heterocycles. The Labute approximate surface area is 77.0 Å². The van der Waals surface area contributed by atoms with Gasteiger partial charge >= 0.3 is 0 Å². The average Bonchev–Trinajstić information content (AvgIpc) is 2.52. The first-order valence-electron chi connectivity index (χ1n) is 4.18. The third kappa shape index (κ3) is 1.31. The molecule has 2 aromatic rings. The van der Waals surface area contributed by atoms with Crippen molar-refractivity contribution in [2.24, 2.45) is 0 Å². The maximum atomic E-state index is 5.67. The lowest BCUT2D eigenvalue weighted by Crippen LogP contribution is -1.86. The third-order valence-electron chi connectivity index (χ3n) is 2.13. The number of aryl methyl sites for hydroxylation is 1. The molecule has 2 rings (SSSR count). The van der Waals surface area contributed by atoms with E-state index in [-0.39, 0.29) is 0 Å². The molecular weight excluding hydrogens is 162 g/mol. The summed E-state index contributed by atoms with van der Waals surface area (Å²) < 4.78 is 5.05. The van der Waals surface area contributed by atoms with E-state index in [2.05, 4.69) is 13.0 Å². The van der Waals surface area contributed by atoms with Gasteiger partial charge in [0.2, 0.25) is 0 Å². The van der Waals surface area contributed by atoms with Gasteiger partial charge in [0.15, 0.2) is 5.88 Å². The Kier molecular flexibility index (Phi) is 1.81. The van der Waals surface area contributed by atoms with Crippen molar-refractivity contribution in [2.45, 2.75) is 6.92 Å². The molecule has 0 aliphatic carbocycles. The van der Waals surface area contributed by atoms with Gasteiger partial charge in [0.25, 0.3) is 0 Å². The Balaban J connectivity index is 2.59. The summed E-state index contributed by atoms with van der Waals surface area (Å²) in [5, 5.41) is 0. The minimum atomic E-state index is 0.481. The van der Waals surface area contributed by atoms with Crippen LogP contribution in [-0.2, 0) is 0 Å². The van der Waals surface area contributed by atoms with Crippen LogP contribution in [0.4, 0.5) is 5.88 Å². The van der Waals surface area contributed by atoms with E-state index in [1.807, 2.05) is 24.3 Å². The van der Waals surface area contributed by atoms with E-state index in [0.717, 1.165) is 11.1 Å². The van der Waals surface area contributed by atoms with Crippen LogP contribution >= 0.6 is 0 Å². The number of hydrogen-bond donors (Lipinski definition) is 1. The van der Waals surface area contributed by atoms with Crippen molar-refractivity contribution in [3.63, 3.8) is 0 Å². The zero-order valence-corrected chi connectivity index (χ0v) is 7.45. The van der Waals surface area contributed by atoms with E-state index < -0.39 is 0 Å². The second kappa shape index (κ2) is 2.98. The van der Waals surface area contributed by atoms with Gasteiger partial charge in [-0.25, -0.2) is 0 Å². The number of benzene rings is 1. The predicted molar refractivity (Wildman–Crippen MR) is 53.3 cm³/mol. The van der Waals surface area contributed by atoms with Gasteiger partial charge in [0.1, 0.15) is 0 Å². The predicted octanol–water partition coefficient (Wildman–Crippen LogP) is 2.84. The molecule has 0 fully saturated rings. The van der Waals surface area contributed by atoms with E-state index in [0.29, 0.717) is 5.88 Å². The van der Waals surface area contributed by atoms with Crippen LogP contribution in [0, 0.1) is 6.92 Å². The van der Waals surface area contributed by atoms with Crippen LogP contribution in [0.1, 0.15) is 5.56 Å². The molecule has 1 aromatic heterocycles. The minimum Gasteiger partial charge on any atom is -0.449 e. The van der Waals surface area contributed by atoms with Gasteiger partial charge in [0, 0.05) is 5.56 Å². The van der Waals surface area contributed by atoms with Gasteiger partial charge in [-0.05, 0) is 24.1 Å². The fourth-order valence-corrected chi connectivity index (χ4v) is 1.42. The standard InChI is InChI=1S/C11H11NO/c1-8-4-2-3-5-9(8)10-6-7-13-11(10)12/h2-7H,12H2,1H3. The van der Waals surface area contributed by atoms with E-state index in [1.165, 1.54) is 5.56 Å². The van der Waals surface area contributed by atoms with Crippen molar-refractivity contribution in [2.75, 3.05) is 5.73 Å². The zero-order chi connectivity index (χ0) is 9.26. The van der Waals surface area contributed by atoms with Gasteiger partial charge in [-0.3, -0.25) is 0 Å². The minimum absolute atomic E-state index is 0.481. The van der Waals surface area contributed by atoms with E-state index in [1.54, 1.807) is 6.26 Å². The highest BCUT2D eigenvalue weighted by Gasteiger charge is 2.06. The van der Waals surface area contributed by atoms with Crippen LogP contribution in [0.15, 0.2) is 41.0 Å². The van der Waals surface area contributed by atoms with Crippen LogP contribution in [0.25, 0.3) is 11.1 Å². The first kappa shape index (κ1) is 7.92. The average molecular weight is 173 g/mol. The summed E-state index contributed by atoms with van der Waals surface area (Å²) in [6.07, 6.45) is 1.61. The van der Waals surface area contributed by atoms with Crippen molar-refractivity contribution in [3.05, 3.63) is 42.2 Å². The second-order valence-corrected chi connectivity index (χ2v) is 3.01. The highest BCUT2D eigenvalue weighted by Crippen LogP contribution is 2.28. The van der Waals surface area contributed by atoms with Crippen LogP contribution in [0.3, 0.4) is 0 Å². The number of anilines is 1. The summed E-state index contributed by atoms with van der Waals surface area (Å²) in [7, 11) is 0. The van der Waals surface area contributed by atoms with E-state index in [9.17, 15) is 0 Å². The Morgan fingerprint density at radius 2 is 1.85 bits per heavy atom. The van der Waals surface area contributed by atoms with Crippen LogP contribution in [0.2, 0.25) is 0 Å². The fourth-order valence-electron chi connectivity index (χ4n) is 1.42. The number of nitrogen functional groups attached to an aromatic ring is 1. The molecule has 1 aromatic carbocycles. The molecule has 13 heavy (non-hydrogen) atoms. The molecule has 0 atom stereocenters. The molecule has 0 unspecified atom stereocenters. The smallest absolute Gasteiger partial charge is 0.197 e. The van der Waals surface area contributed by atoms with Crippen molar-refractivity contribution in [1.82, 2.24) is 0 Å². The first-order valence-corrected chi connectivity index (χ1v) is 4.18. The summed E-state index contributed by atoms with van der Waals surface area (Å²) in [5.74, 6) is 0.481. The summed E-state index contributed by atoms with van der Waals surface area (Å²) in [4.78, 5) is 0. The molecule has 2 heteroatoms. The molecule has 0 amide bonds. The molecule has 2 N–H and O–H groups in total. The zero-order valence-electron chi connectivity index (χ0n) is 7.45. The Hall–Kier alpha value is -1.70. The SMILES string of the molecule is Cc1ccccc1-c1ccoc1N. The van der Waals surface area contributed by atoms with Gasteiger partial charge in [0.05, 0.1) is 6.26 Å². The number of hydrogen-bond acceptors (Lipinski definition) is 2. The van der Waals surface area contributed by atoms with Crippen LogP contribution in [0.5, 0.6) is 0 Å². The van der Waals surface area contributed by atoms with Crippen molar-refractivity contribution >= 4 is 5.88 Å². The van der Waals surface area contributed by atoms with Crippen LogP contribution < -0.4 is 5.73 Å². The van der Waals surface area contributed by atoms with Crippen molar-refractivity contribution in [3.8, 4) is 11.1 Å². The lowest BCUT2D eigenvalue weighted by Gasteiger charge is -2.02. The first-order chi connectivity index (χ1) is 6.29. The Morgan fingerprint density at radius 3 is 2.46 bits per heavy atom. The fraction of sp³-hybridized carbons (Fsp3) is 0.0909. The van der Waals surface area contributed by atoms with Gasteiger partial charge in [-0.1, -0.05) is 24.3 Å². The van der Waals surface area contributed by atoms with E-state index in [4.69, 9.17) is 10.2 Å². The quantitative estimate of drug-likeness (QED) is 0.720. The van der Waals surface area contributed by atoms with Gasteiger partial charge < -0.3 is 10.2 Å². The van der Waals surface area contributed by atoms with Crippen molar-refractivity contribution < 1.29 is 4.42 Å². The topological polar surface area (TPSA) is 39.2 Å². The molecule has 66 valence electrons. The molecule has 0 spiro atoms. The largest absolute Gasteiger partial charge is 0.449 e. The molecule has 0 aliphatic rings. The summed E-state index contributed by atoms with van der Waals surface area (Å²) in [6, 6.07) is 9.99. The third-order valence-corrected chi connectivity index (χ3v) is 2.13. The molecule has 0 saturated heterocycles. The number of nitrogens with two attached hydrogens (primary N) is 1. The van der Waals surface area contributed by atoms with Gasteiger partial charge in [-0.2, -0.15) is 0 Å². The summed E-state index contributed by atoms with van der Waals surface area (Å²) in [5.41, 5.74) is 8.98. The molecule has 1 heterocycles. The Bertz CT molecular complexity index is 418. The lowest BCUT2D eigenvalue weighted by atomic mass is 10.0. The molecular formula is C11H11NO. The maximum absolute atomic E-state index is 5.67. The second-order valence-electron chi connectivity index (χ2n) is 3.01. The monoisotopic (exact) mass is 173 g/mol. The summed E-state index contributed by atoms with van der Waals surface area (Å²) >= 11 is 0. The molecule has 0 radical (unpaired) electrons.